The van der Waals surface area contributed by atoms with E-state index in [1.54, 1.807) is 13.0 Å². The Labute approximate surface area is 134 Å². The lowest BCUT2D eigenvalue weighted by Crippen LogP contribution is -2.01. The molecule has 0 unspecified atom stereocenters. The molecule has 1 heterocycles. The van der Waals surface area contributed by atoms with E-state index in [0.717, 1.165) is 5.56 Å². The molecule has 0 amide bonds. The van der Waals surface area contributed by atoms with E-state index in [0.29, 0.717) is 32.0 Å². The zero-order chi connectivity index (χ0) is 16.2. The first-order chi connectivity index (χ1) is 11.0. The predicted octanol–water partition coefficient (Wildman–Crippen LogP) is 4.18. The molecule has 4 rings (SSSR count). The van der Waals surface area contributed by atoms with E-state index in [2.05, 4.69) is 0 Å². The molecule has 1 aliphatic heterocycles. The van der Waals surface area contributed by atoms with Gasteiger partial charge in [-0.1, -0.05) is 48.5 Å². The topological polar surface area (TPSA) is 54.4 Å². The smallest absolute Gasteiger partial charge is 0.208 e. The van der Waals surface area contributed by atoms with Gasteiger partial charge in [0.1, 0.15) is 5.75 Å². The minimum absolute atomic E-state index is 0.0782. The SMILES string of the molecule is Cc1cc(O)cc2c1S(=O)(=O)c1c(-c3ccccc3)cccc1-2. The second-order valence-corrected chi connectivity index (χ2v) is 7.51. The Morgan fingerprint density at radius 2 is 1.48 bits per heavy atom. The Morgan fingerprint density at radius 3 is 2.22 bits per heavy atom. The summed E-state index contributed by atoms with van der Waals surface area (Å²) in [6.45, 7) is 1.71. The summed E-state index contributed by atoms with van der Waals surface area (Å²) in [5, 5.41) is 9.86. The minimum atomic E-state index is -3.60. The lowest BCUT2D eigenvalue weighted by molar-refractivity contribution is 0.474. The van der Waals surface area contributed by atoms with Crippen molar-refractivity contribution in [2.75, 3.05) is 0 Å². The second kappa shape index (κ2) is 4.70. The third-order valence-electron chi connectivity index (χ3n) is 4.19. The van der Waals surface area contributed by atoms with Crippen LogP contribution in [-0.2, 0) is 9.84 Å². The van der Waals surface area contributed by atoms with Gasteiger partial charge >= 0.3 is 0 Å². The Kier molecular flexibility index (Phi) is 2.87. The highest BCUT2D eigenvalue weighted by atomic mass is 32.2. The third kappa shape index (κ3) is 1.92. The number of phenolic OH excluding ortho intramolecular Hbond substituents is 1. The molecule has 0 fully saturated rings. The second-order valence-electron chi connectivity index (χ2n) is 5.69. The van der Waals surface area contributed by atoms with Crippen LogP contribution in [0, 0.1) is 6.92 Å². The quantitative estimate of drug-likeness (QED) is 0.572. The van der Waals surface area contributed by atoms with E-state index in [1.165, 1.54) is 12.1 Å². The molecule has 1 N–H and O–H groups in total. The van der Waals surface area contributed by atoms with Crippen molar-refractivity contribution in [2.45, 2.75) is 16.7 Å². The van der Waals surface area contributed by atoms with Gasteiger partial charge in [0.2, 0.25) is 9.84 Å². The van der Waals surface area contributed by atoms with Gasteiger partial charge in [-0.15, -0.1) is 0 Å². The monoisotopic (exact) mass is 322 g/mol. The molecule has 23 heavy (non-hydrogen) atoms. The van der Waals surface area contributed by atoms with Crippen molar-refractivity contribution in [3.63, 3.8) is 0 Å². The van der Waals surface area contributed by atoms with Crippen LogP contribution in [0.15, 0.2) is 70.5 Å². The molecule has 0 aliphatic carbocycles. The number of aryl methyl sites for hydroxylation is 1. The first kappa shape index (κ1) is 14.0. The van der Waals surface area contributed by atoms with E-state index in [9.17, 15) is 13.5 Å². The van der Waals surface area contributed by atoms with Crippen LogP contribution < -0.4 is 0 Å². The molecule has 3 aromatic carbocycles. The van der Waals surface area contributed by atoms with Crippen LogP contribution >= 0.6 is 0 Å². The largest absolute Gasteiger partial charge is 0.508 e. The number of sulfone groups is 1. The first-order valence-corrected chi connectivity index (χ1v) is 8.76. The van der Waals surface area contributed by atoms with Gasteiger partial charge in [-0.3, -0.25) is 0 Å². The summed E-state index contributed by atoms with van der Waals surface area (Å²) in [5.74, 6) is 0.0782. The summed E-state index contributed by atoms with van der Waals surface area (Å²) in [5.41, 5.74) is 3.35. The van der Waals surface area contributed by atoms with Crippen molar-refractivity contribution in [1.82, 2.24) is 0 Å². The van der Waals surface area contributed by atoms with Crippen LogP contribution in [0.4, 0.5) is 0 Å². The molecule has 0 spiro atoms. The summed E-state index contributed by atoms with van der Waals surface area (Å²) in [6, 6.07) is 18.0. The summed E-state index contributed by atoms with van der Waals surface area (Å²) in [4.78, 5) is 0.628. The maximum absolute atomic E-state index is 13.1. The van der Waals surface area contributed by atoms with Crippen molar-refractivity contribution in [3.8, 4) is 28.0 Å². The molecule has 4 heteroatoms. The highest BCUT2D eigenvalue weighted by molar-refractivity contribution is 7.92. The highest BCUT2D eigenvalue weighted by Gasteiger charge is 2.37. The lowest BCUT2D eigenvalue weighted by Gasteiger charge is -2.08. The summed E-state index contributed by atoms with van der Waals surface area (Å²) in [6.07, 6.45) is 0. The van der Waals surface area contributed by atoms with Crippen molar-refractivity contribution < 1.29 is 13.5 Å². The summed E-state index contributed by atoms with van der Waals surface area (Å²) < 4.78 is 26.2. The number of hydrogen-bond acceptors (Lipinski definition) is 3. The van der Waals surface area contributed by atoms with Gasteiger partial charge in [-0.05, 0) is 30.2 Å². The van der Waals surface area contributed by atoms with Crippen LogP contribution in [0.2, 0.25) is 0 Å². The molecule has 0 bridgehead atoms. The average molecular weight is 322 g/mol. The molecule has 1 aliphatic rings. The standard InChI is InChI=1S/C19H14O3S/c1-12-10-14(20)11-17-16-9-5-8-15(13-6-3-2-4-7-13)19(16)23(21,22)18(12)17/h2-11,20H,1H3. The van der Waals surface area contributed by atoms with Crippen LogP contribution in [-0.4, -0.2) is 13.5 Å². The Bertz CT molecular complexity index is 1040. The maximum Gasteiger partial charge on any atom is 0.208 e. The van der Waals surface area contributed by atoms with E-state index < -0.39 is 9.84 Å². The third-order valence-corrected chi connectivity index (χ3v) is 6.24. The lowest BCUT2D eigenvalue weighted by atomic mass is 9.98. The zero-order valence-corrected chi connectivity index (χ0v) is 13.3. The molecule has 0 aromatic heterocycles. The van der Waals surface area contributed by atoms with Gasteiger partial charge in [0.05, 0.1) is 9.79 Å². The van der Waals surface area contributed by atoms with Crippen LogP contribution in [0.25, 0.3) is 22.3 Å². The number of phenols is 1. The maximum atomic E-state index is 13.1. The minimum Gasteiger partial charge on any atom is -0.508 e. The molecule has 3 nitrogen and oxygen atoms in total. The number of rotatable bonds is 1. The number of aromatic hydroxyl groups is 1. The predicted molar refractivity (Wildman–Crippen MR) is 89.2 cm³/mol. The van der Waals surface area contributed by atoms with Gasteiger partial charge in [0, 0.05) is 16.7 Å². The molecule has 0 atom stereocenters. The van der Waals surface area contributed by atoms with E-state index in [1.807, 2.05) is 42.5 Å². The molecule has 3 aromatic rings. The van der Waals surface area contributed by atoms with Gasteiger partial charge in [0.25, 0.3) is 0 Å². The van der Waals surface area contributed by atoms with Gasteiger partial charge in [0.15, 0.2) is 0 Å². The number of benzene rings is 3. The van der Waals surface area contributed by atoms with Crippen LogP contribution in [0.5, 0.6) is 5.75 Å². The average Bonchev–Trinajstić information content (AvgIpc) is 2.76. The molecular formula is C19H14O3S. The molecule has 0 saturated heterocycles. The Morgan fingerprint density at radius 1 is 0.783 bits per heavy atom. The normalized spacial score (nSPS) is 14.3. The summed E-state index contributed by atoms with van der Waals surface area (Å²) >= 11 is 0. The molecular weight excluding hydrogens is 308 g/mol. The van der Waals surface area contributed by atoms with Crippen LogP contribution in [0.3, 0.4) is 0 Å². The van der Waals surface area contributed by atoms with Gasteiger partial charge in [-0.2, -0.15) is 0 Å². The van der Waals surface area contributed by atoms with Crippen molar-refractivity contribution in [3.05, 3.63) is 66.2 Å². The fraction of sp³-hybridized carbons (Fsp3) is 0.0526. The van der Waals surface area contributed by atoms with Crippen molar-refractivity contribution in [1.29, 1.82) is 0 Å². The fourth-order valence-electron chi connectivity index (χ4n) is 3.30. The highest BCUT2D eigenvalue weighted by Crippen LogP contribution is 2.49. The van der Waals surface area contributed by atoms with E-state index in [-0.39, 0.29) is 5.75 Å². The van der Waals surface area contributed by atoms with Gasteiger partial charge in [-0.25, -0.2) is 8.42 Å². The Balaban J connectivity index is 2.13. The summed E-state index contributed by atoms with van der Waals surface area (Å²) in [7, 11) is -3.60. The molecule has 0 saturated carbocycles. The molecule has 114 valence electrons. The van der Waals surface area contributed by atoms with Crippen LogP contribution in [0.1, 0.15) is 5.56 Å². The van der Waals surface area contributed by atoms with Gasteiger partial charge < -0.3 is 5.11 Å². The number of fused-ring (bicyclic) bond motifs is 3. The zero-order valence-electron chi connectivity index (χ0n) is 12.4. The van der Waals surface area contributed by atoms with E-state index in [4.69, 9.17) is 0 Å². The first-order valence-electron chi connectivity index (χ1n) is 7.27. The van der Waals surface area contributed by atoms with E-state index >= 15 is 0 Å². The van der Waals surface area contributed by atoms with Crippen molar-refractivity contribution >= 4 is 9.84 Å². The molecule has 0 radical (unpaired) electrons. The number of hydrogen-bond donors (Lipinski definition) is 1. The van der Waals surface area contributed by atoms with Crippen molar-refractivity contribution in [2.24, 2.45) is 0 Å². The Hall–Kier alpha value is -2.59. The fourth-order valence-corrected chi connectivity index (χ4v) is 5.39.